The van der Waals surface area contributed by atoms with Crippen LogP contribution in [0, 0.1) is 6.92 Å². The number of para-hydroxylation sites is 1. The molecule has 0 radical (unpaired) electrons. The van der Waals surface area contributed by atoms with Crippen LogP contribution in [0.1, 0.15) is 18.2 Å². The number of nitrogens with zero attached hydrogens (tertiary/aromatic N) is 4. The molecule has 0 N–H and O–H groups in total. The Morgan fingerprint density at radius 2 is 1.83 bits per heavy atom. The van der Waals surface area contributed by atoms with Crippen LogP contribution in [-0.2, 0) is 10.5 Å². The minimum Gasteiger partial charge on any atom is -0.368 e. The predicted octanol–water partition coefficient (Wildman–Crippen LogP) is 2.97. The summed E-state index contributed by atoms with van der Waals surface area (Å²) in [5.41, 5.74) is 3.48. The second-order valence-electron chi connectivity index (χ2n) is 7.62. The summed E-state index contributed by atoms with van der Waals surface area (Å²) in [6.07, 6.45) is 1.79. The van der Waals surface area contributed by atoms with Crippen LogP contribution in [0.15, 0.2) is 59.5 Å². The number of carbonyl (C=O) groups is 1. The second kappa shape index (κ2) is 8.92. The Bertz CT molecular complexity index is 1090. The van der Waals surface area contributed by atoms with Gasteiger partial charge in [-0.25, -0.2) is 4.98 Å². The quantitative estimate of drug-likeness (QED) is 0.633. The van der Waals surface area contributed by atoms with Crippen LogP contribution < -0.4 is 10.5 Å². The zero-order valence-corrected chi connectivity index (χ0v) is 18.1. The first-order valence-electron chi connectivity index (χ1n) is 10.2. The number of anilines is 1. The van der Waals surface area contributed by atoms with Gasteiger partial charge in [0.05, 0.1) is 10.9 Å². The van der Waals surface area contributed by atoms with Crippen molar-refractivity contribution in [2.45, 2.75) is 24.9 Å². The molecule has 1 amide bonds. The van der Waals surface area contributed by atoms with Gasteiger partial charge in [0.2, 0.25) is 5.91 Å². The number of thioether (sulfide) groups is 1. The third-order valence-corrected chi connectivity index (χ3v) is 6.57. The first kappa shape index (κ1) is 20.5. The molecule has 0 bridgehead atoms. The fourth-order valence-electron chi connectivity index (χ4n) is 3.69. The molecule has 3 aromatic rings. The van der Waals surface area contributed by atoms with E-state index in [4.69, 9.17) is 0 Å². The summed E-state index contributed by atoms with van der Waals surface area (Å²) < 4.78 is 1.56. The molecule has 0 saturated carbocycles. The zero-order chi connectivity index (χ0) is 21.1. The van der Waals surface area contributed by atoms with Gasteiger partial charge in [0.25, 0.3) is 5.56 Å². The van der Waals surface area contributed by atoms with Crippen LogP contribution >= 0.6 is 11.8 Å². The molecule has 1 aromatic carbocycles. The Hall–Kier alpha value is -2.80. The minimum absolute atomic E-state index is 0.0877. The fourth-order valence-corrected chi connectivity index (χ4v) is 4.56. The van der Waals surface area contributed by atoms with Gasteiger partial charge in [-0.2, -0.15) is 0 Å². The maximum absolute atomic E-state index is 12.9. The Kier molecular flexibility index (Phi) is 6.08. The van der Waals surface area contributed by atoms with E-state index in [2.05, 4.69) is 22.0 Å². The van der Waals surface area contributed by atoms with E-state index >= 15 is 0 Å². The van der Waals surface area contributed by atoms with E-state index in [1.807, 2.05) is 49.1 Å². The topological polar surface area (TPSA) is 57.9 Å². The average molecular weight is 423 g/mol. The zero-order valence-electron chi connectivity index (χ0n) is 17.3. The summed E-state index contributed by atoms with van der Waals surface area (Å²) in [5, 5.41) is -0.174. The molecule has 1 fully saturated rings. The summed E-state index contributed by atoms with van der Waals surface area (Å²) >= 11 is 1.53. The van der Waals surface area contributed by atoms with Gasteiger partial charge in [-0.1, -0.05) is 24.3 Å². The summed E-state index contributed by atoms with van der Waals surface area (Å²) in [7, 11) is 0. The summed E-state index contributed by atoms with van der Waals surface area (Å²) in [4.78, 5) is 34.1. The third-order valence-electron chi connectivity index (χ3n) is 5.40. The smallest absolute Gasteiger partial charge is 0.258 e. The number of benzene rings is 1. The SMILES string of the molecule is Cc1ccc2nc(CS[C@@H](C)C(=O)N3CCN(c4ccccc4)CC3)cc(=O)n2c1. The molecule has 6 nitrogen and oxygen atoms in total. The van der Waals surface area contributed by atoms with Gasteiger partial charge >= 0.3 is 0 Å². The highest BCUT2D eigenvalue weighted by Crippen LogP contribution is 2.21. The Morgan fingerprint density at radius 3 is 2.57 bits per heavy atom. The molecule has 1 saturated heterocycles. The lowest BCUT2D eigenvalue weighted by atomic mass is 10.2. The highest BCUT2D eigenvalue weighted by Gasteiger charge is 2.25. The van der Waals surface area contributed by atoms with Crippen molar-refractivity contribution in [3.63, 3.8) is 0 Å². The van der Waals surface area contributed by atoms with Crippen LogP contribution in [0.25, 0.3) is 5.65 Å². The summed E-state index contributed by atoms with van der Waals surface area (Å²) in [6, 6.07) is 15.7. The highest BCUT2D eigenvalue weighted by molar-refractivity contribution is 7.99. The number of carbonyl (C=O) groups excluding carboxylic acids is 1. The summed E-state index contributed by atoms with van der Waals surface area (Å²) in [6.45, 7) is 7.03. The molecule has 2 aromatic heterocycles. The molecule has 0 unspecified atom stereocenters. The van der Waals surface area contributed by atoms with Crippen molar-refractivity contribution in [3.05, 3.63) is 76.3 Å². The van der Waals surface area contributed by atoms with Crippen molar-refractivity contribution >= 4 is 29.0 Å². The first-order chi connectivity index (χ1) is 14.5. The fraction of sp³-hybridized carbons (Fsp3) is 0.348. The molecule has 30 heavy (non-hydrogen) atoms. The number of pyridine rings is 1. The van der Waals surface area contributed by atoms with Crippen molar-refractivity contribution in [2.24, 2.45) is 0 Å². The van der Waals surface area contributed by atoms with Crippen molar-refractivity contribution < 1.29 is 4.79 Å². The molecule has 3 heterocycles. The monoisotopic (exact) mass is 422 g/mol. The molecule has 1 aliphatic rings. The number of rotatable bonds is 5. The average Bonchev–Trinajstić information content (AvgIpc) is 2.78. The van der Waals surface area contributed by atoms with Crippen LogP contribution in [0.4, 0.5) is 5.69 Å². The van der Waals surface area contributed by atoms with Crippen LogP contribution in [0.5, 0.6) is 0 Å². The second-order valence-corrected chi connectivity index (χ2v) is 8.95. The first-order valence-corrected chi connectivity index (χ1v) is 11.3. The molecular weight excluding hydrogens is 396 g/mol. The van der Waals surface area contributed by atoms with E-state index in [9.17, 15) is 9.59 Å². The number of piperazine rings is 1. The van der Waals surface area contributed by atoms with E-state index in [0.717, 1.165) is 31.7 Å². The minimum atomic E-state index is -0.174. The number of aryl methyl sites for hydroxylation is 1. The molecular formula is C23H26N4O2S. The number of hydrogen-bond donors (Lipinski definition) is 0. The molecule has 0 spiro atoms. The normalized spacial score (nSPS) is 15.4. The summed E-state index contributed by atoms with van der Waals surface area (Å²) in [5.74, 6) is 0.692. The molecule has 0 aliphatic carbocycles. The van der Waals surface area contributed by atoms with Crippen molar-refractivity contribution in [1.29, 1.82) is 0 Å². The Balaban J connectivity index is 1.34. The standard InChI is InChI=1S/C23H26N4O2S/c1-17-8-9-21-24-19(14-22(28)27(21)15-17)16-30-18(2)23(29)26-12-10-25(11-13-26)20-6-4-3-5-7-20/h3-9,14-15,18H,10-13,16H2,1-2H3/t18-/m0/s1. The largest absolute Gasteiger partial charge is 0.368 e. The lowest BCUT2D eigenvalue weighted by molar-refractivity contribution is -0.130. The van der Waals surface area contributed by atoms with Crippen molar-refractivity contribution in [3.8, 4) is 0 Å². The van der Waals surface area contributed by atoms with Crippen molar-refractivity contribution in [2.75, 3.05) is 31.1 Å². The molecule has 156 valence electrons. The van der Waals surface area contributed by atoms with E-state index in [1.165, 1.54) is 17.4 Å². The van der Waals surface area contributed by atoms with Crippen molar-refractivity contribution in [1.82, 2.24) is 14.3 Å². The number of hydrogen-bond acceptors (Lipinski definition) is 5. The van der Waals surface area contributed by atoms with E-state index in [1.54, 1.807) is 16.7 Å². The number of fused-ring (bicyclic) bond motifs is 1. The lowest BCUT2D eigenvalue weighted by Crippen LogP contribution is -2.50. The molecule has 4 rings (SSSR count). The van der Waals surface area contributed by atoms with Crippen LogP contribution in [0.2, 0.25) is 0 Å². The van der Waals surface area contributed by atoms with Crippen LogP contribution in [0.3, 0.4) is 0 Å². The van der Waals surface area contributed by atoms with Crippen LogP contribution in [-0.4, -0.2) is 51.6 Å². The van der Waals surface area contributed by atoms with Gasteiger partial charge in [-0.15, -0.1) is 11.8 Å². The lowest BCUT2D eigenvalue weighted by Gasteiger charge is -2.37. The van der Waals surface area contributed by atoms with Gasteiger partial charge in [0.1, 0.15) is 5.65 Å². The maximum atomic E-state index is 12.9. The maximum Gasteiger partial charge on any atom is 0.258 e. The van der Waals surface area contributed by atoms with Gasteiger partial charge in [-0.3, -0.25) is 14.0 Å². The van der Waals surface area contributed by atoms with Gasteiger partial charge in [-0.05, 0) is 37.6 Å². The van der Waals surface area contributed by atoms with Gasteiger partial charge in [0.15, 0.2) is 0 Å². The van der Waals surface area contributed by atoms with Gasteiger partial charge < -0.3 is 9.80 Å². The van der Waals surface area contributed by atoms with Gasteiger partial charge in [0, 0.05) is 49.9 Å². The van der Waals surface area contributed by atoms with E-state index in [0.29, 0.717) is 17.1 Å². The third kappa shape index (κ3) is 4.51. The Morgan fingerprint density at radius 1 is 1.10 bits per heavy atom. The Labute approximate surface area is 180 Å². The molecule has 7 heteroatoms. The highest BCUT2D eigenvalue weighted by atomic mass is 32.2. The molecule has 1 aliphatic heterocycles. The van der Waals surface area contributed by atoms with E-state index in [-0.39, 0.29) is 16.7 Å². The number of aromatic nitrogens is 2. The predicted molar refractivity (Wildman–Crippen MR) is 122 cm³/mol. The number of amides is 1. The van der Waals surface area contributed by atoms with E-state index < -0.39 is 0 Å². The molecule has 1 atom stereocenters.